The second kappa shape index (κ2) is 8.47. The highest BCUT2D eigenvalue weighted by molar-refractivity contribution is 8.00. The van der Waals surface area contributed by atoms with Gasteiger partial charge in [0.2, 0.25) is 5.78 Å². The fraction of sp³-hybridized carbons (Fsp3) is 0.364. The third-order valence-electron chi connectivity index (χ3n) is 5.22. The molecule has 2 aromatic rings. The maximum Gasteiger partial charge on any atom is 0.296 e. The molecule has 1 atom stereocenters. The molecule has 2 aliphatic heterocycles. The molecule has 1 amide bonds. The number of ketones is 1. The Bertz CT molecular complexity index is 862. The van der Waals surface area contributed by atoms with Crippen molar-refractivity contribution in [3.05, 3.63) is 59.7 Å². The van der Waals surface area contributed by atoms with Gasteiger partial charge in [0, 0.05) is 31.1 Å². The van der Waals surface area contributed by atoms with E-state index in [-0.39, 0.29) is 5.78 Å². The van der Waals surface area contributed by atoms with Crippen LogP contribution in [0.5, 0.6) is 0 Å². The van der Waals surface area contributed by atoms with Crippen molar-refractivity contribution in [1.29, 1.82) is 0 Å². The van der Waals surface area contributed by atoms with E-state index >= 15 is 0 Å². The number of rotatable bonds is 4. The summed E-state index contributed by atoms with van der Waals surface area (Å²) in [6.07, 6.45) is 0. The molecule has 28 heavy (non-hydrogen) atoms. The maximum atomic E-state index is 13.2. The number of hydrogen-bond donors (Lipinski definition) is 0. The summed E-state index contributed by atoms with van der Waals surface area (Å²) < 4.78 is 5.40. The Morgan fingerprint density at radius 2 is 1.71 bits per heavy atom. The molecule has 5 nitrogen and oxygen atoms in total. The van der Waals surface area contributed by atoms with Crippen LogP contribution < -0.4 is 4.90 Å². The number of morpholine rings is 1. The molecule has 0 aliphatic carbocycles. The van der Waals surface area contributed by atoms with Crippen molar-refractivity contribution < 1.29 is 14.3 Å². The molecule has 0 N–H and O–H groups in total. The van der Waals surface area contributed by atoms with Gasteiger partial charge in [-0.3, -0.25) is 14.5 Å². The van der Waals surface area contributed by atoms with Crippen molar-refractivity contribution in [2.75, 3.05) is 44.3 Å². The molecule has 1 saturated heterocycles. The van der Waals surface area contributed by atoms with E-state index in [2.05, 4.69) is 4.90 Å². The molecule has 2 aliphatic rings. The summed E-state index contributed by atoms with van der Waals surface area (Å²) in [4.78, 5) is 31.2. The zero-order valence-corrected chi connectivity index (χ0v) is 16.8. The van der Waals surface area contributed by atoms with E-state index in [1.165, 1.54) is 11.8 Å². The van der Waals surface area contributed by atoms with Gasteiger partial charge in [0.25, 0.3) is 5.91 Å². The summed E-state index contributed by atoms with van der Waals surface area (Å²) in [6.45, 7) is 6.40. The third kappa shape index (κ3) is 3.99. The molecule has 0 bridgehead atoms. The smallest absolute Gasteiger partial charge is 0.296 e. The molecule has 1 unspecified atom stereocenters. The minimum absolute atomic E-state index is 0.355. The Balaban J connectivity index is 1.62. The van der Waals surface area contributed by atoms with Crippen LogP contribution in [0.3, 0.4) is 0 Å². The Labute approximate surface area is 169 Å². The van der Waals surface area contributed by atoms with Gasteiger partial charge in [-0.25, -0.2) is 0 Å². The number of hydrogen-bond acceptors (Lipinski definition) is 5. The lowest BCUT2D eigenvalue weighted by atomic mass is 10.1. The average molecular weight is 397 g/mol. The van der Waals surface area contributed by atoms with Crippen LogP contribution >= 0.6 is 11.8 Å². The van der Waals surface area contributed by atoms with Gasteiger partial charge in [-0.1, -0.05) is 42.0 Å². The zero-order chi connectivity index (χ0) is 19.5. The first kappa shape index (κ1) is 19.2. The van der Waals surface area contributed by atoms with Gasteiger partial charge in [-0.2, -0.15) is 0 Å². The van der Waals surface area contributed by atoms with Crippen LogP contribution in [-0.4, -0.2) is 56.0 Å². The molecular weight excluding hydrogens is 372 g/mol. The van der Waals surface area contributed by atoms with E-state index in [0.29, 0.717) is 6.54 Å². The number of benzene rings is 2. The SMILES string of the molecule is Cc1ccc(C2Sc3ccccc3N(CCN3CCOCC3)C(=O)C2=O)cc1. The number of carbonyl (C=O) groups is 2. The molecule has 146 valence electrons. The fourth-order valence-corrected chi connectivity index (χ4v) is 4.77. The standard InChI is InChI=1S/C22H24N2O3S/c1-16-6-8-17(9-7-16)21-20(25)22(26)24(11-10-23-12-14-27-15-13-23)18-4-2-3-5-19(18)28-21/h2-9,21H,10-15H2,1H3. The lowest BCUT2D eigenvalue weighted by Crippen LogP contribution is -2.45. The van der Waals surface area contributed by atoms with Crippen LogP contribution in [0.2, 0.25) is 0 Å². The summed E-state index contributed by atoms with van der Waals surface area (Å²) in [5.41, 5.74) is 2.83. The van der Waals surface area contributed by atoms with E-state index in [1.807, 2.05) is 55.5 Å². The summed E-state index contributed by atoms with van der Waals surface area (Å²) >= 11 is 1.47. The van der Waals surface area contributed by atoms with Gasteiger partial charge in [0.15, 0.2) is 0 Å². The van der Waals surface area contributed by atoms with Crippen LogP contribution in [0.4, 0.5) is 5.69 Å². The number of carbonyl (C=O) groups excluding carboxylic acids is 2. The summed E-state index contributed by atoms with van der Waals surface area (Å²) in [5, 5.41) is -0.511. The largest absolute Gasteiger partial charge is 0.379 e. The number of anilines is 1. The van der Waals surface area contributed by atoms with Crippen molar-refractivity contribution in [2.45, 2.75) is 17.1 Å². The Morgan fingerprint density at radius 3 is 2.46 bits per heavy atom. The van der Waals surface area contributed by atoms with E-state index in [4.69, 9.17) is 4.74 Å². The van der Waals surface area contributed by atoms with E-state index < -0.39 is 11.2 Å². The minimum Gasteiger partial charge on any atom is -0.379 e. The highest BCUT2D eigenvalue weighted by atomic mass is 32.2. The molecule has 0 saturated carbocycles. The van der Waals surface area contributed by atoms with Crippen molar-refractivity contribution in [1.82, 2.24) is 4.90 Å². The average Bonchev–Trinajstić information content (AvgIpc) is 2.83. The van der Waals surface area contributed by atoms with Gasteiger partial charge in [-0.05, 0) is 24.6 Å². The quantitative estimate of drug-likeness (QED) is 0.744. The lowest BCUT2D eigenvalue weighted by Gasteiger charge is -2.29. The van der Waals surface area contributed by atoms with Crippen LogP contribution in [-0.2, 0) is 14.3 Å². The molecule has 6 heteroatoms. The predicted molar refractivity (Wildman–Crippen MR) is 111 cm³/mol. The number of para-hydroxylation sites is 1. The van der Waals surface area contributed by atoms with E-state index in [0.717, 1.165) is 54.6 Å². The monoisotopic (exact) mass is 396 g/mol. The Morgan fingerprint density at radius 1 is 1.00 bits per heavy atom. The van der Waals surface area contributed by atoms with Crippen LogP contribution in [0.15, 0.2) is 53.4 Å². The number of nitrogens with zero attached hydrogens (tertiary/aromatic N) is 2. The maximum absolute atomic E-state index is 13.2. The number of amides is 1. The van der Waals surface area contributed by atoms with Crippen LogP contribution in [0.25, 0.3) is 0 Å². The molecule has 0 radical (unpaired) electrons. The van der Waals surface area contributed by atoms with Gasteiger partial charge < -0.3 is 9.64 Å². The van der Waals surface area contributed by atoms with Crippen molar-refractivity contribution in [2.24, 2.45) is 0 Å². The molecule has 4 rings (SSSR count). The number of ether oxygens (including phenoxy) is 1. The van der Waals surface area contributed by atoms with Gasteiger partial charge in [-0.15, -0.1) is 11.8 Å². The molecule has 2 heterocycles. The third-order valence-corrected chi connectivity index (χ3v) is 6.54. The highest BCUT2D eigenvalue weighted by Crippen LogP contribution is 2.43. The topological polar surface area (TPSA) is 49.9 Å². The number of Topliss-reactive ketones (excluding diaryl/α,β-unsaturated/α-hetero) is 1. The van der Waals surface area contributed by atoms with E-state index in [9.17, 15) is 9.59 Å². The van der Waals surface area contributed by atoms with Gasteiger partial charge in [0.05, 0.1) is 18.9 Å². The highest BCUT2D eigenvalue weighted by Gasteiger charge is 2.36. The summed E-state index contributed by atoms with van der Waals surface area (Å²) in [7, 11) is 0. The lowest BCUT2D eigenvalue weighted by molar-refractivity contribution is -0.136. The Kier molecular flexibility index (Phi) is 5.80. The predicted octanol–water partition coefficient (Wildman–Crippen LogP) is 3.08. The van der Waals surface area contributed by atoms with Crippen molar-refractivity contribution in [3.8, 4) is 0 Å². The number of fused-ring (bicyclic) bond motifs is 1. The molecule has 0 spiro atoms. The number of aryl methyl sites for hydroxylation is 1. The summed E-state index contributed by atoms with van der Waals surface area (Å²) in [6, 6.07) is 15.7. The first-order valence-corrected chi connectivity index (χ1v) is 10.5. The molecule has 1 fully saturated rings. The normalized spacial score (nSPS) is 20.8. The first-order chi connectivity index (χ1) is 13.6. The van der Waals surface area contributed by atoms with Crippen molar-refractivity contribution >= 4 is 29.1 Å². The summed E-state index contributed by atoms with van der Waals surface area (Å²) in [5.74, 6) is -0.775. The van der Waals surface area contributed by atoms with Crippen LogP contribution in [0.1, 0.15) is 16.4 Å². The van der Waals surface area contributed by atoms with E-state index in [1.54, 1.807) is 4.90 Å². The van der Waals surface area contributed by atoms with Crippen molar-refractivity contribution in [3.63, 3.8) is 0 Å². The molecule has 2 aromatic carbocycles. The first-order valence-electron chi connectivity index (χ1n) is 9.61. The van der Waals surface area contributed by atoms with Gasteiger partial charge in [0.1, 0.15) is 5.25 Å². The fourth-order valence-electron chi connectivity index (χ4n) is 3.56. The van der Waals surface area contributed by atoms with Crippen LogP contribution in [0, 0.1) is 6.92 Å². The number of thioether (sulfide) groups is 1. The minimum atomic E-state index is -0.511. The zero-order valence-electron chi connectivity index (χ0n) is 16.0. The molecule has 0 aromatic heterocycles. The second-order valence-corrected chi connectivity index (χ2v) is 8.30. The molecular formula is C22H24N2O3S. The Hall–Kier alpha value is -2.15. The second-order valence-electron chi connectivity index (χ2n) is 7.15. The van der Waals surface area contributed by atoms with Gasteiger partial charge >= 0.3 is 0 Å².